The highest BCUT2D eigenvalue weighted by Crippen LogP contribution is 2.35. The lowest BCUT2D eigenvalue weighted by Crippen LogP contribution is -2.08. The van der Waals surface area contributed by atoms with E-state index in [2.05, 4.69) is 10.2 Å². The molecule has 0 aliphatic heterocycles. The molecule has 2 rings (SSSR count). The molecule has 0 spiro atoms. The average molecular weight is 182 g/mol. The van der Waals surface area contributed by atoms with Gasteiger partial charge in [0.05, 0.1) is 0 Å². The monoisotopic (exact) mass is 182 g/mol. The van der Waals surface area contributed by atoms with Crippen LogP contribution in [0.4, 0.5) is 0 Å². The molecule has 0 N–H and O–H groups in total. The Bertz CT molecular complexity index is 241. The zero-order valence-corrected chi connectivity index (χ0v) is 8.71. The van der Waals surface area contributed by atoms with E-state index in [4.69, 9.17) is 4.42 Å². The molecule has 0 amide bonds. The molecule has 13 heavy (non-hydrogen) atoms. The summed E-state index contributed by atoms with van der Waals surface area (Å²) >= 11 is 0. The van der Waals surface area contributed by atoms with Gasteiger partial charge in [0.25, 0.3) is 0 Å². The topological polar surface area (TPSA) is 38.9 Å². The summed E-state index contributed by atoms with van der Waals surface area (Å²) in [4.78, 5) is 0. The fourth-order valence-electron chi connectivity index (χ4n) is 1.23. The van der Waals surface area contributed by atoms with Crippen molar-refractivity contribution in [3.05, 3.63) is 11.8 Å². The van der Waals surface area contributed by atoms with Crippen LogP contribution < -0.4 is 0 Å². The van der Waals surface area contributed by atoms with E-state index in [0.717, 1.165) is 18.2 Å². The van der Waals surface area contributed by atoms with Crippen molar-refractivity contribution in [2.75, 3.05) is 0 Å². The lowest BCUT2D eigenvalue weighted by Gasteiger charge is -2.20. The highest BCUT2D eigenvalue weighted by Gasteiger charge is 2.24. The molecule has 1 heterocycles. The van der Waals surface area contributed by atoms with Crippen molar-refractivity contribution in [1.82, 2.24) is 10.2 Å². The minimum absolute atomic E-state index is 0.572. The van der Waals surface area contributed by atoms with Crippen LogP contribution in [0, 0.1) is 0 Å². The summed E-state index contributed by atoms with van der Waals surface area (Å²) < 4.78 is 5.41. The molecule has 0 aromatic carbocycles. The summed E-state index contributed by atoms with van der Waals surface area (Å²) in [6, 6.07) is 0. The van der Waals surface area contributed by atoms with Gasteiger partial charge < -0.3 is 4.42 Å². The van der Waals surface area contributed by atoms with E-state index < -0.39 is 0 Å². The Kier molecular flexibility index (Phi) is 3.93. The Morgan fingerprint density at radius 3 is 2.38 bits per heavy atom. The predicted octanol–water partition coefficient (Wildman–Crippen LogP) is 2.93. The number of aryl methyl sites for hydroxylation is 1. The summed E-state index contributed by atoms with van der Waals surface area (Å²) in [5.74, 6) is 2.20. The van der Waals surface area contributed by atoms with Crippen molar-refractivity contribution in [3.63, 3.8) is 0 Å². The lowest BCUT2D eigenvalue weighted by atomic mass is 9.85. The van der Waals surface area contributed by atoms with Crippen molar-refractivity contribution in [1.29, 1.82) is 0 Å². The largest absolute Gasteiger partial charge is 0.425 e. The van der Waals surface area contributed by atoms with Gasteiger partial charge in [0, 0.05) is 12.3 Å². The first-order valence-corrected chi connectivity index (χ1v) is 5.22. The first-order chi connectivity index (χ1) is 6.40. The van der Waals surface area contributed by atoms with Crippen LogP contribution in [0.1, 0.15) is 57.7 Å². The average Bonchev–Trinajstić information content (AvgIpc) is 2.54. The van der Waals surface area contributed by atoms with E-state index in [1.807, 2.05) is 20.8 Å². The molecule has 1 aromatic rings. The van der Waals surface area contributed by atoms with E-state index in [-0.39, 0.29) is 0 Å². The van der Waals surface area contributed by atoms with Gasteiger partial charge in [0.1, 0.15) is 0 Å². The third-order valence-corrected chi connectivity index (χ3v) is 2.24. The standard InChI is InChI=1S/C8H12N2O.C2H6/c1-2-7-9-10-8(11-7)6-4-3-5-6;1-2/h6H,2-5H2,1H3;1-2H3. The molecular formula is C10H18N2O. The summed E-state index contributed by atoms with van der Waals surface area (Å²) in [6.45, 7) is 6.03. The highest BCUT2D eigenvalue weighted by atomic mass is 16.4. The zero-order valence-electron chi connectivity index (χ0n) is 8.71. The third-order valence-electron chi connectivity index (χ3n) is 2.24. The molecule has 1 aliphatic carbocycles. The summed E-state index contributed by atoms with van der Waals surface area (Å²) in [6.07, 6.45) is 4.62. The van der Waals surface area contributed by atoms with Crippen LogP contribution in [0.3, 0.4) is 0 Å². The normalized spacial score (nSPS) is 15.9. The molecule has 3 nitrogen and oxygen atoms in total. The van der Waals surface area contributed by atoms with Gasteiger partial charge >= 0.3 is 0 Å². The van der Waals surface area contributed by atoms with Gasteiger partial charge in [0.2, 0.25) is 11.8 Å². The van der Waals surface area contributed by atoms with Crippen LogP contribution in [0.2, 0.25) is 0 Å². The Balaban J connectivity index is 0.000000396. The smallest absolute Gasteiger partial charge is 0.219 e. The van der Waals surface area contributed by atoms with Crippen molar-refractivity contribution in [2.45, 2.75) is 52.4 Å². The van der Waals surface area contributed by atoms with E-state index in [1.165, 1.54) is 19.3 Å². The number of hydrogen-bond donors (Lipinski definition) is 0. The van der Waals surface area contributed by atoms with Crippen molar-refractivity contribution in [3.8, 4) is 0 Å². The van der Waals surface area contributed by atoms with Crippen LogP contribution in [0.5, 0.6) is 0 Å². The van der Waals surface area contributed by atoms with Crippen molar-refractivity contribution in [2.24, 2.45) is 0 Å². The first kappa shape index (κ1) is 10.2. The Hall–Kier alpha value is -0.860. The van der Waals surface area contributed by atoms with Gasteiger partial charge in [-0.2, -0.15) is 0 Å². The minimum atomic E-state index is 0.572. The minimum Gasteiger partial charge on any atom is -0.425 e. The highest BCUT2D eigenvalue weighted by molar-refractivity contribution is 4.95. The second-order valence-electron chi connectivity index (χ2n) is 3.02. The van der Waals surface area contributed by atoms with Crippen LogP contribution in [0.25, 0.3) is 0 Å². The number of hydrogen-bond acceptors (Lipinski definition) is 3. The molecule has 0 bridgehead atoms. The number of aromatic nitrogens is 2. The maximum Gasteiger partial charge on any atom is 0.219 e. The molecule has 0 radical (unpaired) electrons. The molecular weight excluding hydrogens is 164 g/mol. The Morgan fingerprint density at radius 1 is 1.31 bits per heavy atom. The van der Waals surface area contributed by atoms with Crippen LogP contribution in [-0.2, 0) is 6.42 Å². The van der Waals surface area contributed by atoms with Gasteiger partial charge in [-0.3, -0.25) is 0 Å². The summed E-state index contributed by atoms with van der Waals surface area (Å²) in [5, 5.41) is 7.91. The Labute approximate surface area is 79.6 Å². The van der Waals surface area contributed by atoms with Gasteiger partial charge in [-0.25, -0.2) is 0 Å². The van der Waals surface area contributed by atoms with E-state index in [9.17, 15) is 0 Å². The van der Waals surface area contributed by atoms with Crippen LogP contribution in [-0.4, -0.2) is 10.2 Å². The quantitative estimate of drug-likeness (QED) is 0.705. The third kappa shape index (κ3) is 2.29. The number of nitrogens with zero attached hydrogens (tertiary/aromatic N) is 2. The van der Waals surface area contributed by atoms with Gasteiger partial charge in [-0.05, 0) is 12.8 Å². The van der Waals surface area contributed by atoms with Gasteiger partial charge in [-0.15, -0.1) is 10.2 Å². The van der Waals surface area contributed by atoms with Gasteiger partial charge in [-0.1, -0.05) is 27.2 Å². The van der Waals surface area contributed by atoms with E-state index >= 15 is 0 Å². The van der Waals surface area contributed by atoms with Crippen molar-refractivity contribution >= 4 is 0 Å². The molecule has 1 aliphatic rings. The lowest BCUT2D eigenvalue weighted by molar-refractivity contribution is 0.325. The molecule has 1 fully saturated rings. The molecule has 0 atom stereocenters. The summed E-state index contributed by atoms with van der Waals surface area (Å²) in [5.41, 5.74) is 0. The van der Waals surface area contributed by atoms with Gasteiger partial charge in [0.15, 0.2) is 0 Å². The first-order valence-electron chi connectivity index (χ1n) is 5.22. The van der Waals surface area contributed by atoms with E-state index in [1.54, 1.807) is 0 Å². The SMILES string of the molecule is CC.CCc1nnc(C2CCC2)o1. The second kappa shape index (κ2) is 5.00. The fourth-order valence-corrected chi connectivity index (χ4v) is 1.23. The summed E-state index contributed by atoms with van der Waals surface area (Å²) in [7, 11) is 0. The van der Waals surface area contributed by atoms with Crippen LogP contribution in [0.15, 0.2) is 4.42 Å². The molecule has 3 heteroatoms. The molecule has 74 valence electrons. The van der Waals surface area contributed by atoms with E-state index in [0.29, 0.717) is 5.92 Å². The fraction of sp³-hybridized carbons (Fsp3) is 0.800. The Morgan fingerprint density at radius 2 is 2.00 bits per heavy atom. The maximum atomic E-state index is 5.41. The molecule has 0 saturated heterocycles. The predicted molar refractivity (Wildman–Crippen MR) is 51.6 cm³/mol. The zero-order chi connectivity index (χ0) is 9.68. The van der Waals surface area contributed by atoms with Crippen LogP contribution >= 0.6 is 0 Å². The van der Waals surface area contributed by atoms with Crippen molar-refractivity contribution < 1.29 is 4.42 Å². The molecule has 0 unspecified atom stereocenters. The molecule has 1 saturated carbocycles. The molecule has 1 aromatic heterocycles. The maximum absolute atomic E-state index is 5.41. The second-order valence-corrected chi connectivity index (χ2v) is 3.02. The number of rotatable bonds is 2.